The zero-order valence-corrected chi connectivity index (χ0v) is 20.0. The summed E-state index contributed by atoms with van der Waals surface area (Å²) in [5, 5.41) is 18.4. The Morgan fingerprint density at radius 2 is 1.70 bits per heavy atom. The molecular weight excluding hydrogens is 467 g/mol. The Labute approximate surface area is 200 Å². The summed E-state index contributed by atoms with van der Waals surface area (Å²) in [5.41, 5.74) is 1.76. The predicted octanol–water partition coefficient (Wildman–Crippen LogP) is 4.74. The maximum atomic E-state index is 12.9. The lowest BCUT2D eigenvalue weighted by atomic mass is 9.94. The number of aryl methyl sites for hydroxylation is 1. The third kappa shape index (κ3) is 5.23. The van der Waals surface area contributed by atoms with Crippen LogP contribution in [0.15, 0.2) is 42.5 Å². The van der Waals surface area contributed by atoms with Gasteiger partial charge in [0.05, 0.1) is 15.6 Å². The normalized spacial score (nSPS) is 12.3. The van der Waals surface area contributed by atoms with Crippen molar-refractivity contribution in [2.45, 2.75) is 32.4 Å². The second-order valence-electron chi connectivity index (χ2n) is 8.20. The van der Waals surface area contributed by atoms with Crippen LogP contribution in [-0.4, -0.2) is 33.6 Å². The van der Waals surface area contributed by atoms with Crippen molar-refractivity contribution in [1.82, 2.24) is 15.2 Å². The van der Waals surface area contributed by atoms with Crippen molar-refractivity contribution in [2.75, 3.05) is 5.32 Å². The number of aromatic nitrogens is 1. The number of aliphatic carboxylic acids is 1. The number of carboxylic acids is 1. The second-order valence-corrected chi connectivity index (χ2v) is 8.98. The average Bonchev–Trinajstić information content (AvgIpc) is 3.07. The standard InChI is InChI=1S/C23H24Cl2N4O4/c1-12(21(31)32)26-22(33)28-23(2,3)13-5-7-14(8-6-13)27-20(30)18-11-15-17(29(18)4)10-9-16(24)19(15)25/h5-12H,1-4H3,(H,27,30)(H,31,32)(H2,26,28,33). The number of anilines is 1. The van der Waals surface area contributed by atoms with Crippen LogP contribution in [0.2, 0.25) is 10.0 Å². The van der Waals surface area contributed by atoms with Crippen molar-refractivity contribution in [2.24, 2.45) is 7.05 Å². The van der Waals surface area contributed by atoms with Crippen LogP contribution >= 0.6 is 23.2 Å². The van der Waals surface area contributed by atoms with Gasteiger partial charge in [0.1, 0.15) is 11.7 Å². The first-order valence-electron chi connectivity index (χ1n) is 10.1. The minimum Gasteiger partial charge on any atom is -0.480 e. The summed E-state index contributed by atoms with van der Waals surface area (Å²) in [5.74, 6) is -1.44. The van der Waals surface area contributed by atoms with E-state index in [1.54, 1.807) is 67.9 Å². The predicted molar refractivity (Wildman–Crippen MR) is 129 cm³/mol. The lowest BCUT2D eigenvalue weighted by molar-refractivity contribution is -0.138. The Morgan fingerprint density at radius 1 is 1.06 bits per heavy atom. The third-order valence-corrected chi connectivity index (χ3v) is 6.17. The largest absolute Gasteiger partial charge is 0.480 e. The summed E-state index contributed by atoms with van der Waals surface area (Å²) in [4.78, 5) is 35.9. The number of carbonyl (C=O) groups is 3. The van der Waals surface area contributed by atoms with E-state index in [1.165, 1.54) is 6.92 Å². The van der Waals surface area contributed by atoms with Gasteiger partial charge in [-0.05, 0) is 56.7 Å². The topological polar surface area (TPSA) is 112 Å². The highest BCUT2D eigenvalue weighted by molar-refractivity contribution is 6.45. The van der Waals surface area contributed by atoms with Gasteiger partial charge in [0.25, 0.3) is 5.91 Å². The second kappa shape index (κ2) is 9.33. The monoisotopic (exact) mass is 490 g/mol. The molecular formula is C23H24Cl2N4O4. The van der Waals surface area contributed by atoms with Crippen molar-refractivity contribution in [3.63, 3.8) is 0 Å². The molecule has 0 bridgehead atoms. The number of fused-ring (bicyclic) bond motifs is 1. The lowest BCUT2D eigenvalue weighted by Gasteiger charge is -2.27. The molecule has 3 amide bonds. The number of amides is 3. The number of hydrogen-bond acceptors (Lipinski definition) is 3. The fraction of sp³-hybridized carbons (Fsp3) is 0.261. The van der Waals surface area contributed by atoms with E-state index in [0.29, 0.717) is 26.8 Å². The minimum absolute atomic E-state index is 0.312. The average molecular weight is 491 g/mol. The molecule has 1 unspecified atom stereocenters. The molecule has 0 saturated heterocycles. The molecule has 8 nitrogen and oxygen atoms in total. The Kier molecular flexibility index (Phi) is 6.90. The Morgan fingerprint density at radius 3 is 2.30 bits per heavy atom. The Hall–Kier alpha value is -3.23. The molecule has 0 spiro atoms. The quantitative estimate of drug-likeness (QED) is 0.399. The molecule has 3 aromatic rings. The molecule has 3 rings (SSSR count). The summed E-state index contributed by atoms with van der Waals surface area (Å²) in [6.07, 6.45) is 0. The molecule has 1 heterocycles. The van der Waals surface area contributed by atoms with Crippen molar-refractivity contribution in [3.05, 3.63) is 63.8 Å². The molecule has 0 aliphatic rings. The van der Waals surface area contributed by atoms with Crippen LogP contribution in [0.1, 0.15) is 36.8 Å². The highest BCUT2D eigenvalue weighted by Crippen LogP contribution is 2.32. The maximum Gasteiger partial charge on any atom is 0.325 e. The van der Waals surface area contributed by atoms with E-state index in [-0.39, 0.29) is 5.91 Å². The van der Waals surface area contributed by atoms with E-state index in [1.807, 2.05) is 0 Å². The molecule has 0 fully saturated rings. The van der Waals surface area contributed by atoms with Gasteiger partial charge in [0.15, 0.2) is 0 Å². The van der Waals surface area contributed by atoms with Crippen molar-refractivity contribution >= 4 is 57.7 Å². The molecule has 1 atom stereocenters. The number of hydrogen-bond donors (Lipinski definition) is 4. The van der Waals surface area contributed by atoms with E-state index in [2.05, 4.69) is 16.0 Å². The summed E-state index contributed by atoms with van der Waals surface area (Å²) in [6.45, 7) is 4.96. The van der Waals surface area contributed by atoms with Crippen LogP contribution in [0.3, 0.4) is 0 Å². The first-order chi connectivity index (χ1) is 15.4. The number of nitrogens with zero attached hydrogens (tertiary/aromatic N) is 1. The van der Waals surface area contributed by atoms with E-state index in [9.17, 15) is 14.4 Å². The summed E-state index contributed by atoms with van der Waals surface area (Å²) in [6, 6.07) is 10.6. The van der Waals surface area contributed by atoms with Crippen LogP contribution in [0.5, 0.6) is 0 Å². The third-order valence-electron chi connectivity index (χ3n) is 5.35. The number of nitrogens with one attached hydrogen (secondary N) is 3. The SMILES string of the molecule is CC(NC(=O)NC(C)(C)c1ccc(NC(=O)c2cc3c(Cl)c(Cl)ccc3n2C)cc1)C(=O)O. The molecule has 0 radical (unpaired) electrons. The van der Waals surface area contributed by atoms with Crippen molar-refractivity contribution in [3.8, 4) is 0 Å². The van der Waals surface area contributed by atoms with E-state index in [4.69, 9.17) is 28.3 Å². The van der Waals surface area contributed by atoms with Crippen molar-refractivity contribution in [1.29, 1.82) is 0 Å². The van der Waals surface area contributed by atoms with Gasteiger partial charge in [0.2, 0.25) is 0 Å². The minimum atomic E-state index is -1.13. The maximum absolute atomic E-state index is 12.9. The molecule has 1 aromatic heterocycles. The zero-order chi connectivity index (χ0) is 24.5. The van der Waals surface area contributed by atoms with Gasteiger partial charge in [-0.15, -0.1) is 0 Å². The van der Waals surface area contributed by atoms with Crippen LogP contribution < -0.4 is 16.0 Å². The van der Waals surface area contributed by atoms with Gasteiger partial charge in [-0.3, -0.25) is 9.59 Å². The van der Waals surface area contributed by atoms with Gasteiger partial charge in [-0.2, -0.15) is 0 Å². The fourth-order valence-corrected chi connectivity index (χ4v) is 3.76. The lowest BCUT2D eigenvalue weighted by Crippen LogP contribution is -2.50. The zero-order valence-electron chi connectivity index (χ0n) is 18.5. The van der Waals surface area contributed by atoms with Crippen LogP contribution in [0.25, 0.3) is 10.9 Å². The molecule has 0 saturated carbocycles. The van der Waals surface area contributed by atoms with Gasteiger partial charge >= 0.3 is 12.0 Å². The molecule has 2 aromatic carbocycles. The van der Waals surface area contributed by atoms with Gasteiger partial charge in [-0.1, -0.05) is 35.3 Å². The summed E-state index contributed by atoms with van der Waals surface area (Å²) in [7, 11) is 1.77. The fourth-order valence-electron chi connectivity index (χ4n) is 3.38. The molecule has 4 N–H and O–H groups in total. The van der Waals surface area contributed by atoms with E-state index < -0.39 is 23.6 Å². The molecule has 0 aliphatic carbocycles. The number of rotatable bonds is 6. The Balaban J connectivity index is 1.73. The first-order valence-corrected chi connectivity index (χ1v) is 10.8. The number of halogens is 2. The molecule has 174 valence electrons. The van der Waals surface area contributed by atoms with Gasteiger partial charge < -0.3 is 25.6 Å². The smallest absolute Gasteiger partial charge is 0.325 e. The Bertz CT molecular complexity index is 1240. The van der Waals surface area contributed by atoms with Crippen molar-refractivity contribution < 1.29 is 19.5 Å². The van der Waals surface area contributed by atoms with Gasteiger partial charge in [0, 0.05) is 23.6 Å². The number of benzene rings is 2. The van der Waals surface area contributed by atoms with Crippen LogP contribution in [0, 0.1) is 0 Å². The molecule has 0 aliphatic heterocycles. The first kappa shape index (κ1) is 24.4. The summed E-state index contributed by atoms with van der Waals surface area (Å²) >= 11 is 12.4. The number of urea groups is 1. The van der Waals surface area contributed by atoms with E-state index >= 15 is 0 Å². The molecule has 10 heteroatoms. The number of carboxylic acid groups (broad SMARTS) is 1. The summed E-state index contributed by atoms with van der Waals surface area (Å²) < 4.78 is 1.74. The highest BCUT2D eigenvalue weighted by atomic mass is 35.5. The highest BCUT2D eigenvalue weighted by Gasteiger charge is 2.25. The number of carbonyl (C=O) groups excluding carboxylic acids is 2. The van der Waals surface area contributed by atoms with Crippen LogP contribution in [-0.2, 0) is 17.4 Å². The van der Waals surface area contributed by atoms with Gasteiger partial charge in [-0.25, -0.2) is 4.79 Å². The van der Waals surface area contributed by atoms with Crippen LogP contribution in [0.4, 0.5) is 10.5 Å². The van der Waals surface area contributed by atoms with E-state index in [0.717, 1.165) is 11.1 Å². The molecule has 33 heavy (non-hydrogen) atoms.